The molecule has 19 heavy (non-hydrogen) atoms. The van der Waals surface area contributed by atoms with Gasteiger partial charge in [0.05, 0.1) is 0 Å². The van der Waals surface area contributed by atoms with Crippen molar-refractivity contribution in [1.82, 2.24) is 5.32 Å². The largest absolute Gasteiger partial charge is 0.368 e. The summed E-state index contributed by atoms with van der Waals surface area (Å²) in [5.41, 5.74) is 13.4. The van der Waals surface area contributed by atoms with E-state index in [-0.39, 0.29) is 12.1 Å². The van der Waals surface area contributed by atoms with Crippen LogP contribution in [0.2, 0.25) is 5.02 Å². The number of nitrogens with zero attached hydrogens (tertiary/aromatic N) is 3. The van der Waals surface area contributed by atoms with E-state index in [1.807, 2.05) is 0 Å². The van der Waals surface area contributed by atoms with Crippen molar-refractivity contribution in [3.05, 3.63) is 45.0 Å². The number of halogens is 2. The Labute approximate surface area is 114 Å². The molecule has 0 bridgehead atoms. The quantitative estimate of drug-likeness (QED) is 0.347. The number of nitrogens with two attached hydrogens (primary N) is 1. The molecule has 0 saturated heterocycles. The molecule has 1 rings (SSSR count). The predicted octanol–water partition coefficient (Wildman–Crippen LogP) is 2.30. The van der Waals surface area contributed by atoms with Crippen LogP contribution in [0.25, 0.3) is 10.4 Å². The number of primary amides is 1. The van der Waals surface area contributed by atoms with E-state index < -0.39 is 17.8 Å². The van der Waals surface area contributed by atoms with Gasteiger partial charge in [0.2, 0.25) is 5.91 Å². The van der Waals surface area contributed by atoms with Crippen molar-refractivity contribution in [3.63, 3.8) is 0 Å². The van der Waals surface area contributed by atoms with Crippen LogP contribution in [0.3, 0.4) is 0 Å². The van der Waals surface area contributed by atoms with E-state index >= 15 is 0 Å². The van der Waals surface area contributed by atoms with Crippen LogP contribution < -0.4 is 11.1 Å². The van der Waals surface area contributed by atoms with Crippen LogP contribution in [0.4, 0.5) is 4.39 Å². The van der Waals surface area contributed by atoms with Crippen LogP contribution in [0.15, 0.2) is 23.3 Å². The minimum Gasteiger partial charge on any atom is -0.368 e. The number of hydrogen-bond donors (Lipinski definition) is 2. The zero-order valence-electron chi connectivity index (χ0n) is 10.0. The van der Waals surface area contributed by atoms with Gasteiger partial charge in [0.25, 0.3) is 0 Å². The van der Waals surface area contributed by atoms with Crippen molar-refractivity contribution in [2.45, 2.75) is 12.5 Å². The lowest BCUT2D eigenvalue weighted by Crippen LogP contribution is -2.35. The Balaban J connectivity index is 2.74. The maximum absolute atomic E-state index is 13.6. The molecule has 0 saturated carbocycles. The first-order valence-corrected chi connectivity index (χ1v) is 5.92. The van der Waals surface area contributed by atoms with Gasteiger partial charge in [0.1, 0.15) is 11.9 Å². The van der Waals surface area contributed by atoms with E-state index in [9.17, 15) is 9.18 Å². The van der Waals surface area contributed by atoms with Gasteiger partial charge in [-0.05, 0) is 36.7 Å². The van der Waals surface area contributed by atoms with Crippen LogP contribution in [0.5, 0.6) is 0 Å². The molecule has 1 amide bonds. The van der Waals surface area contributed by atoms with Crippen molar-refractivity contribution in [3.8, 4) is 0 Å². The molecule has 0 spiro atoms. The summed E-state index contributed by atoms with van der Waals surface area (Å²) in [5.74, 6) is -1.26. The fourth-order valence-corrected chi connectivity index (χ4v) is 1.72. The summed E-state index contributed by atoms with van der Waals surface area (Å²) in [6.07, 6.45) is 0.510. The molecule has 8 heteroatoms. The number of hydrogen-bond acceptors (Lipinski definition) is 3. The molecule has 1 aromatic carbocycles. The molecular weight excluding hydrogens is 273 g/mol. The Bertz CT molecular complexity index is 504. The Morgan fingerprint density at radius 3 is 3.00 bits per heavy atom. The number of amides is 1. The zero-order chi connectivity index (χ0) is 14.3. The van der Waals surface area contributed by atoms with Crippen LogP contribution in [-0.2, 0) is 4.79 Å². The SMILES string of the molecule is [N-]=[N+]=NCCCNC(C(N)=O)c1cc(Cl)ccc1F. The first-order valence-electron chi connectivity index (χ1n) is 5.54. The van der Waals surface area contributed by atoms with E-state index in [0.29, 0.717) is 18.0 Å². The number of carbonyl (C=O) groups is 1. The van der Waals surface area contributed by atoms with Gasteiger partial charge in [0.15, 0.2) is 0 Å². The summed E-state index contributed by atoms with van der Waals surface area (Å²) in [5, 5.41) is 6.47. The summed E-state index contributed by atoms with van der Waals surface area (Å²) in [6, 6.07) is 2.95. The lowest BCUT2D eigenvalue weighted by molar-refractivity contribution is -0.120. The molecule has 3 N–H and O–H groups in total. The highest BCUT2D eigenvalue weighted by atomic mass is 35.5. The molecule has 0 radical (unpaired) electrons. The van der Waals surface area contributed by atoms with Crippen LogP contribution in [-0.4, -0.2) is 19.0 Å². The van der Waals surface area contributed by atoms with E-state index in [4.69, 9.17) is 22.9 Å². The average molecular weight is 286 g/mol. The van der Waals surface area contributed by atoms with Gasteiger partial charge in [-0.25, -0.2) is 4.39 Å². The lowest BCUT2D eigenvalue weighted by Gasteiger charge is -2.16. The predicted molar refractivity (Wildman–Crippen MR) is 70.0 cm³/mol. The normalized spacial score (nSPS) is 11.7. The van der Waals surface area contributed by atoms with Gasteiger partial charge in [-0.15, -0.1) is 0 Å². The molecule has 1 unspecified atom stereocenters. The molecule has 0 fully saturated rings. The van der Waals surface area contributed by atoms with Gasteiger partial charge in [-0.1, -0.05) is 16.7 Å². The molecule has 6 nitrogen and oxygen atoms in total. The number of nitrogens with one attached hydrogen (secondary N) is 1. The minimum atomic E-state index is -0.968. The first kappa shape index (κ1) is 15.2. The summed E-state index contributed by atoms with van der Waals surface area (Å²) < 4.78 is 13.6. The Kier molecular flexibility index (Phi) is 6.08. The van der Waals surface area contributed by atoms with E-state index in [1.165, 1.54) is 18.2 Å². The molecule has 1 atom stereocenters. The van der Waals surface area contributed by atoms with E-state index in [2.05, 4.69) is 15.3 Å². The number of carbonyl (C=O) groups excluding carboxylic acids is 1. The van der Waals surface area contributed by atoms with Gasteiger partial charge in [-0.2, -0.15) is 0 Å². The Morgan fingerprint density at radius 1 is 1.63 bits per heavy atom. The molecule has 102 valence electrons. The molecule has 0 aromatic heterocycles. The van der Waals surface area contributed by atoms with Crippen LogP contribution in [0, 0.1) is 5.82 Å². The molecule has 0 heterocycles. The van der Waals surface area contributed by atoms with Gasteiger partial charge in [0, 0.05) is 22.0 Å². The van der Waals surface area contributed by atoms with Gasteiger partial charge >= 0.3 is 0 Å². The van der Waals surface area contributed by atoms with Gasteiger partial charge < -0.3 is 11.1 Å². The fourth-order valence-electron chi connectivity index (χ4n) is 1.54. The summed E-state index contributed by atoms with van der Waals surface area (Å²) in [6.45, 7) is 0.644. The van der Waals surface area contributed by atoms with Gasteiger partial charge in [-0.3, -0.25) is 4.79 Å². The number of azide groups is 1. The maximum Gasteiger partial charge on any atom is 0.239 e. The maximum atomic E-state index is 13.6. The molecule has 1 aromatic rings. The topological polar surface area (TPSA) is 104 Å². The van der Waals surface area contributed by atoms with E-state index in [1.54, 1.807) is 0 Å². The van der Waals surface area contributed by atoms with Crippen molar-refractivity contribution in [1.29, 1.82) is 0 Å². The molecule has 0 aliphatic carbocycles. The minimum absolute atomic E-state index is 0.101. The number of rotatable bonds is 7. The van der Waals surface area contributed by atoms with Crippen molar-refractivity contribution in [2.24, 2.45) is 10.8 Å². The second-order valence-electron chi connectivity index (χ2n) is 3.76. The average Bonchev–Trinajstić information content (AvgIpc) is 2.37. The molecule has 0 aliphatic heterocycles. The highest BCUT2D eigenvalue weighted by molar-refractivity contribution is 6.30. The van der Waals surface area contributed by atoms with Crippen LogP contribution in [0.1, 0.15) is 18.0 Å². The third-order valence-corrected chi connectivity index (χ3v) is 2.64. The standard InChI is InChI=1S/C11H13ClFN5O/c12-7-2-3-9(13)8(6-7)10(11(14)19)16-4-1-5-17-18-15/h2-3,6,10,16H,1,4-5H2,(H2,14,19). The second kappa shape index (κ2) is 7.58. The smallest absolute Gasteiger partial charge is 0.239 e. The first-order chi connectivity index (χ1) is 9.06. The zero-order valence-corrected chi connectivity index (χ0v) is 10.8. The van der Waals surface area contributed by atoms with Crippen molar-refractivity contribution in [2.75, 3.05) is 13.1 Å². The van der Waals surface area contributed by atoms with Crippen molar-refractivity contribution < 1.29 is 9.18 Å². The highest BCUT2D eigenvalue weighted by Crippen LogP contribution is 2.21. The van der Waals surface area contributed by atoms with Crippen molar-refractivity contribution >= 4 is 17.5 Å². The summed E-state index contributed by atoms with van der Waals surface area (Å²) in [4.78, 5) is 14.0. The fraction of sp³-hybridized carbons (Fsp3) is 0.364. The third kappa shape index (κ3) is 4.75. The highest BCUT2D eigenvalue weighted by Gasteiger charge is 2.20. The monoisotopic (exact) mass is 285 g/mol. The van der Waals surface area contributed by atoms with E-state index in [0.717, 1.165) is 0 Å². The summed E-state index contributed by atoms with van der Waals surface area (Å²) >= 11 is 5.77. The third-order valence-electron chi connectivity index (χ3n) is 2.40. The second-order valence-corrected chi connectivity index (χ2v) is 4.20. The lowest BCUT2D eigenvalue weighted by atomic mass is 10.1. The van der Waals surface area contributed by atoms with Crippen LogP contribution >= 0.6 is 11.6 Å². The summed E-state index contributed by atoms with van der Waals surface area (Å²) in [7, 11) is 0. The number of benzene rings is 1. The molecular formula is C11H13ClFN5O. The molecule has 0 aliphatic rings. The Morgan fingerprint density at radius 2 is 2.37 bits per heavy atom. The Hall–Kier alpha value is -1.82.